The number of hydrogen-bond donors (Lipinski definition) is 1. The molecule has 0 radical (unpaired) electrons. The van der Waals surface area contributed by atoms with Crippen LogP contribution in [0.3, 0.4) is 0 Å². The number of carbonyl (C=O) groups is 2. The number of ether oxygens (including phenoxy) is 1. The maximum Gasteiger partial charge on any atom is 0.264 e. The topological polar surface area (TPSA) is 85.7 Å². The molecule has 0 saturated carbocycles. The van der Waals surface area contributed by atoms with Crippen molar-refractivity contribution in [3.05, 3.63) is 101 Å². The van der Waals surface area contributed by atoms with E-state index in [4.69, 9.17) is 16.3 Å². The smallest absolute Gasteiger partial charge is 0.264 e. The molecule has 0 heterocycles. The Morgan fingerprint density at radius 3 is 2.22 bits per heavy atom. The van der Waals surface area contributed by atoms with E-state index in [1.807, 2.05) is 60.8 Å². The van der Waals surface area contributed by atoms with E-state index in [1.165, 1.54) is 22.6 Å². The predicted molar refractivity (Wildman–Crippen MR) is 143 cm³/mol. The van der Waals surface area contributed by atoms with Gasteiger partial charge in [-0.05, 0) is 46.9 Å². The number of benzene rings is 3. The SMILES string of the molecule is CC(C)c1ccc(OCC(=O)N[C@@H](Cc2ccccc2)C(=O)N(C)N(C#N)Cc2ccc(Cl)cc2)cc1. The molecule has 7 nitrogen and oxygen atoms in total. The number of nitrogens with one attached hydrogen (secondary N) is 1. The van der Waals surface area contributed by atoms with Crippen LogP contribution >= 0.6 is 11.6 Å². The Labute approximate surface area is 223 Å². The van der Waals surface area contributed by atoms with Gasteiger partial charge in [0.15, 0.2) is 12.8 Å². The Balaban J connectivity index is 1.69. The molecular formula is C29H31ClN4O3. The Morgan fingerprint density at radius 1 is 0.973 bits per heavy atom. The summed E-state index contributed by atoms with van der Waals surface area (Å²) in [5.74, 6) is 0.110. The monoisotopic (exact) mass is 518 g/mol. The first-order chi connectivity index (χ1) is 17.8. The van der Waals surface area contributed by atoms with E-state index in [9.17, 15) is 14.9 Å². The van der Waals surface area contributed by atoms with Gasteiger partial charge in [0.2, 0.25) is 0 Å². The molecule has 0 fully saturated rings. The molecule has 0 aliphatic carbocycles. The second-order valence-corrected chi connectivity index (χ2v) is 9.40. The van der Waals surface area contributed by atoms with Gasteiger partial charge in [-0.15, -0.1) is 0 Å². The third-order valence-corrected chi connectivity index (χ3v) is 6.13. The van der Waals surface area contributed by atoms with E-state index in [1.54, 1.807) is 24.3 Å². The number of amides is 2. The van der Waals surface area contributed by atoms with Gasteiger partial charge in [-0.3, -0.25) is 9.59 Å². The fourth-order valence-electron chi connectivity index (χ4n) is 3.70. The summed E-state index contributed by atoms with van der Waals surface area (Å²) in [4.78, 5) is 26.2. The maximum absolute atomic E-state index is 13.5. The van der Waals surface area contributed by atoms with Gasteiger partial charge in [-0.2, -0.15) is 5.26 Å². The van der Waals surface area contributed by atoms with Gasteiger partial charge in [0.25, 0.3) is 11.8 Å². The molecule has 0 aliphatic heterocycles. The van der Waals surface area contributed by atoms with Gasteiger partial charge >= 0.3 is 0 Å². The van der Waals surface area contributed by atoms with Crippen LogP contribution in [-0.2, 0) is 22.6 Å². The van der Waals surface area contributed by atoms with E-state index in [0.717, 1.165) is 11.1 Å². The minimum Gasteiger partial charge on any atom is -0.484 e. The summed E-state index contributed by atoms with van der Waals surface area (Å²) in [6.45, 7) is 4.15. The Hall–Kier alpha value is -4.02. The first-order valence-corrected chi connectivity index (χ1v) is 12.4. The number of carbonyl (C=O) groups excluding carboxylic acids is 2. The van der Waals surface area contributed by atoms with E-state index in [-0.39, 0.29) is 19.6 Å². The van der Waals surface area contributed by atoms with Crippen LogP contribution in [0, 0.1) is 11.5 Å². The molecular weight excluding hydrogens is 488 g/mol. The molecule has 37 heavy (non-hydrogen) atoms. The lowest BCUT2D eigenvalue weighted by molar-refractivity contribution is -0.146. The first kappa shape index (κ1) is 27.6. The highest BCUT2D eigenvalue weighted by Gasteiger charge is 2.28. The van der Waals surface area contributed by atoms with Crippen LogP contribution in [0.1, 0.15) is 36.5 Å². The first-order valence-electron chi connectivity index (χ1n) is 12.0. The van der Waals surface area contributed by atoms with Crippen molar-refractivity contribution in [1.82, 2.24) is 15.3 Å². The van der Waals surface area contributed by atoms with Crippen LogP contribution < -0.4 is 10.1 Å². The van der Waals surface area contributed by atoms with Gasteiger partial charge in [0.05, 0.1) is 6.54 Å². The number of hydrogen-bond acceptors (Lipinski definition) is 5. The van der Waals surface area contributed by atoms with Gasteiger partial charge in [-0.25, -0.2) is 10.0 Å². The lowest BCUT2D eigenvalue weighted by Crippen LogP contribution is -2.53. The van der Waals surface area contributed by atoms with Gasteiger partial charge in [0.1, 0.15) is 11.8 Å². The summed E-state index contributed by atoms with van der Waals surface area (Å²) in [6, 6.07) is 23.1. The van der Waals surface area contributed by atoms with Crippen molar-refractivity contribution in [2.45, 2.75) is 38.8 Å². The second-order valence-electron chi connectivity index (χ2n) is 8.97. The fourth-order valence-corrected chi connectivity index (χ4v) is 3.83. The van der Waals surface area contributed by atoms with Crippen LogP contribution in [0.5, 0.6) is 5.75 Å². The number of rotatable bonds is 11. The zero-order valence-corrected chi connectivity index (χ0v) is 22.0. The molecule has 0 saturated heterocycles. The molecule has 192 valence electrons. The summed E-state index contributed by atoms with van der Waals surface area (Å²) < 4.78 is 5.64. The zero-order valence-electron chi connectivity index (χ0n) is 21.2. The van der Waals surface area contributed by atoms with E-state index in [2.05, 4.69) is 19.2 Å². The van der Waals surface area contributed by atoms with Crippen LogP contribution in [0.2, 0.25) is 5.02 Å². The average Bonchev–Trinajstić information content (AvgIpc) is 2.91. The summed E-state index contributed by atoms with van der Waals surface area (Å²) in [5, 5.41) is 15.6. The van der Waals surface area contributed by atoms with Gasteiger partial charge < -0.3 is 10.1 Å². The molecule has 3 rings (SSSR count). The summed E-state index contributed by atoms with van der Waals surface area (Å²) in [7, 11) is 1.51. The lowest BCUT2D eigenvalue weighted by atomic mass is 10.0. The summed E-state index contributed by atoms with van der Waals surface area (Å²) in [6.07, 6.45) is 2.31. The van der Waals surface area contributed by atoms with Crippen molar-refractivity contribution in [2.24, 2.45) is 0 Å². The van der Waals surface area contributed by atoms with E-state index in [0.29, 0.717) is 16.7 Å². The number of nitrogens with zero attached hydrogens (tertiary/aromatic N) is 3. The Kier molecular flexibility index (Phi) is 9.93. The Bertz CT molecular complexity index is 1210. The molecule has 0 spiro atoms. The summed E-state index contributed by atoms with van der Waals surface area (Å²) in [5.41, 5.74) is 2.86. The molecule has 3 aromatic carbocycles. The fraction of sp³-hybridized carbons (Fsp3) is 0.276. The molecule has 2 amide bonds. The van der Waals surface area contributed by atoms with E-state index >= 15 is 0 Å². The van der Waals surface area contributed by atoms with Crippen molar-refractivity contribution >= 4 is 23.4 Å². The molecule has 8 heteroatoms. The molecule has 0 aliphatic rings. The molecule has 0 bridgehead atoms. The van der Waals surface area contributed by atoms with Crippen LogP contribution in [0.25, 0.3) is 0 Å². The predicted octanol–water partition coefficient (Wildman–Crippen LogP) is 4.93. The number of nitriles is 1. The van der Waals surface area contributed by atoms with Crippen molar-refractivity contribution in [3.63, 3.8) is 0 Å². The largest absolute Gasteiger partial charge is 0.484 e. The van der Waals surface area contributed by atoms with Gasteiger partial charge in [-0.1, -0.05) is 80.0 Å². The zero-order chi connectivity index (χ0) is 26.8. The molecule has 1 atom stereocenters. The van der Waals surface area contributed by atoms with Crippen LogP contribution in [-0.4, -0.2) is 41.5 Å². The second kappa shape index (κ2) is 13.3. The van der Waals surface area contributed by atoms with Gasteiger partial charge in [0, 0.05) is 18.5 Å². The Morgan fingerprint density at radius 2 is 1.62 bits per heavy atom. The molecule has 0 aromatic heterocycles. The third-order valence-electron chi connectivity index (χ3n) is 5.87. The number of halogens is 1. The molecule has 3 aromatic rings. The molecule has 1 N–H and O–H groups in total. The quantitative estimate of drug-likeness (QED) is 0.221. The molecule has 0 unspecified atom stereocenters. The standard InChI is InChI=1S/C29H31ClN4O3/c1-21(2)24-11-15-26(16-12-24)37-19-28(35)32-27(17-22-7-5-4-6-8-22)29(36)33(3)34(20-31)18-23-9-13-25(30)14-10-23/h4-16,21,27H,17-19H2,1-3H3,(H,32,35)/t27-/m0/s1. The third kappa shape index (κ3) is 8.26. The highest BCUT2D eigenvalue weighted by molar-refractivity contribution is 6.30. The van der Waals surface area contributed by atoms with Crippen LogP contribution in [0.4, 0.5) is 0 Å². The minimum atomic E-state index is -0.895. The number of likely N-dealkylation sites (N-methyl/N-ethyl adjacent to an activating group) is 1. The highest BCUT2D eigenvalue weighted by atomic mass is 35.5. The normalized spacial score (nSPS) is 11.4. The summed E-state index contributed by atoms with van der Waals surface area (Å²) >= 11 is 5.95. The number of hydrazine groups is 1. The highest BCUT2D eigenvalue weighted by Crippen LogP contribution is 2.18. The lowest BCUT2D eigenvalue weighted by Gasteiger charge is -2.30. The van der Waals surface area contributed by atoms with Crippen LogP contribution in [0.15, 0.2) is 78.9 Å². The average molecular weight is 519 g/mol. The maximum atomic E-state index is 13.5. The van der Waals surface area contributed by atoms with Crippen molar-refractivity contribution in [3.8, 4) is 11.9 Å². The van der Waals surface area contributed by atoms with Crippen molar-refractivity contribution < 1.29 is 14.3 Å². The van der Waals surface area contributed by atoms with Crippen molar-refractivity contribution in [2.75, 3.05) is 13.7 Å². The van der Waals surface area contributed by atoms with E-state index < -0.39 is 17.9 Å². The van der Waals surface area contributed by atoms with Crippen molar-refractivity contribution in [1.29, 1.82) is 5.26 Å². The minimum absolute atomic E-state index is 0.178.